The predicted octanol–water partition coefficient (Wildman–Crippen LogP) is 4.46. The van der Waals surface area contributed by atoms with E-state index >= 15 is 0 Å². The van der Waals surface area contributed by atoms with Gasteiger partial charge in [0.25, 0.3) is 0 Å². The Balaban J connectivity index is 1.78. The number of hydrogen-bond acceptors (Lipinski definition) is 5. The highest BCUT2D eigenvalue weighted by atomic mass is 35.5. The molecule has 3 heterocycles. The van der Waals surface area contributed by atoms with Crippen LogP contribution in [-0.4, -0.2) is 19.7 Å². The number of hydrogen-bond donors (Lipinski definition) is 1. The second-order valence-electron chi connectivity index (χ2n) is 6.71. The fourth-order valence-electron chi connectivity index (χ4n) is 3.27. The lowest BCUT2D eigenvalue weighted by Gasteiger charge is -2.14. The zero-order chi connectivity index (χ0) is 19.8. The van der Waals surface area contributed by atoms with Crippen molar-refractivity contribution in [3.63, 3.8) is 0 Å². The molecule has 0 fully saturated rings. The minimum atomic E-state index is 0.285. The Bertz CT molecular complexity index is 1190. The summed E-state index contributed by atoms with van der Waals surface area (Å²) in [6, 6.07) is 9.97. The SMILES string of the molecule is Cc1cc(-c2ccnn2C)c2cccc(OCc3c(C)cnc(N)c3Cl)c2n1. The third-order valence-corrected chi connectivity index (χ3v) is 5.18. The quantitative estimate of drug-likeness (QED) is 0.553. The lowest BCUT2D eigenvalue weighted by Crippen LogP contribution is -2.04. The van der Waals surface area contributed by atoms with E-state index in [2.05, 4.69) is 16.1 Å². The van der Waals surface area contributed by atoms with Gasteiger partial charge in [-0.15, -0.1) is 0 Å². The van der Waals surface area contributed by atoms with E-state index in [0.29, 0.717) is 16.6 Å². The lowest BCUT2D eigenvalue weighted by atomic mass is 10.0. The first-order valence-corrected chi connectivity index (χ1v) is 9.24. The van der Waals surface area contributed by atoms with Crippen LogP contribution in [0.1, 0.15) is 16.8 Å². The Morgan fingerprint density at radius 1 is 1.21 bits per heavy atom. The van der Waals surface area contributed by atoms with Gasteiger partial charge >= 0.3 is 0 Å². The molecule has 0 aliphatic heterocycles. The highest BCUT2D eigenvalue weighted by Crippen LogP contribution is 2.34. The van der Waals surface area contributed by atoms with Crippen molar-refractivity contribution in [3.8, 4) is 17.0 Å². The first-order valence-electron chi connectivity index (χ1n) is 8.86. The number of ether oxygens (including phenoxy) is 1. The maximum absolute atomic E-state index is 6.33. The number of aromatic nitrogens is 4. The van der Waals surface area contributed by atoms with Gasteiger partial charge in [0.15, 0.2) is 0 Å². The number of pyridine rings is 2. The van der Waals surface area contributed by atoms with Crippen molar-refractivity contribution in [1.29, 1.82) is 0 Å². The number of nitrogen functional groups attached to an aromatic ring is 1. The van der Waals surface area contributed by atoms with E-state index in [1.807, 2.05) is 49.8 Å². The van der Waals surface area contributed by atoms with Crippen LogP contribution in [0.2, 0.25) is 5.02 Å². The highest BCUT2D eigenvalue weighted by molar-refractivity contribution is 6.33. The maximum Gasteiger partial charge on any atom is 0.146 e. The van der Waals surface area contributed by atoms with Crippen molar-refractivity contribution < 1.29 is 4.74 Å². The van der Waals surface area contributed by atoms with E-state index in [-0.39, 0.29) is 6.61 Å². The lowest BCUT2D eigenvalue weighted by molar-refractivity contribution is 0.308. The topological polar surface area (TPSA) is 78.8 Å². The highest BCUT2D eigenvalue weighted by Gasteiger charge is 2.14. The van der Waals surface area contributed by atoms with Gasteiger partial charge in [-0.25, -0.2) is 9.97 Å². The van der Waals surface area contributed by atoms with E-state index in [0.717, 1.165) is 39.0 Å². The molecular formula is C21H20ClN5O. The Hall–Kier alpha value is -3.12. The molecule has 7 heteroatoms. The van der Waals surface area contributed by atoms with Crippen LogP contribution >= 0.6 is 11.6 Å². The van der Waals surface area contributed by atoms with Gasteiger partial charge in [-0.05, 0) is 37.6 Å². The molecule has 6 nitrogen and oxygen atoms in total. The number of fused-ring (bicyclic) bond motifs is 1. The first kappa shape index (κ1) is 18.3. The van der Waals surface area contributed by atoms with Crippen molar-refractivity contribution >= 4 is 28.3 Å². The molecule has 0 aliphatic rings. The molecule has 0 radical (unpaired) electrons. The molecule has 3 aromatic heterocycles. The minimum absolute atomic E-state index is 0.285. The molecule has 4 aromatic rings. The standard InChI is InChI=1S/C21H20ClN5O/c1-12-10-24-21(23)19(22)16(12)11-28-18-6-4-5-14-15(9-13(2)26-20(14)18)17-7-8-25-27(17)3/h4-10H,11H2,1-3H3,(H2,23,24). The van der Waals surface area contributed by atoms with Gasteiger partial charge < -0.3 is 10.5 Å². The van der Waals surface area contributed by atoms with Crippen molar-refractivity contribution in [2.75, 3.05) is 5.73 Å². The smallest absolute Gasteiger partial charge is 0.146 e. The summed E-state index contributed by atoms with van der Waals surface area (Å²) >= 11 is 6.33. The van der Waals surface area contributed by atoms with Gasteiger partial charge in [-0.3, -0.25) is 4.68 Å². The van der Waals surface area contributed by atoms with Crippen LogP contribution in [0.25, 0.3) is 22.2 Å². The fraction of sp³-hybridized carbons (Fsp3) is 0.190. The second kappa shape index (κ2) is 7.13. The number of para-hydroxylation sites is 1. The van der Waals surface area contributed by atoms with Crippen molar-refractivity contribution in [2.45, 2.75) is 20.5 Å². The van der Waals surface area contributed by atoms with Crippen LogP contribution < -0.4 is 10.5 Å². The van der Waals surface area contributed by atoms with Gasteiger partial charge in [0.2, 0.25) is 0 Å². The number of benzene rings is 1. The Morgan fingerprint density at radius 2 is 2.04 bits per heavy atom. The summed E-state index contributed by atoms with van der Waals surface area (Å²) in [6.07, 6.45) is 3.49. The third-order valence-electron chi connectivity index (χ3n) is 4.76. The van der Waals surface area contributed by atoms with Crippen LogP contribution in [-0.2, 0) is 13.7 Å². The summed E-state index contributed by atoms with van der Waals surface area (Å²) in [5.74, 6) is 0.992. The number of nitrogens with zero attached hydrogens (tertiary/aromatic N) is 4. The number of aryl methyl sites for hydroxylation is 3. The number of anilines is 1. The van der Waals surface area contributed by atoms with Crippen molar-refractivity contribution in [2.24, 2.45) is 7.05 Å². The summed E-state index contributed by atoms with van der Waals surface area (Å²) in [4.78, 5) is 8.80. The molecule has 0 aliphatic carbocycles. The maximum atomic E-state index is 6.33. The summed E-state index contributed by atoms with van der Waals surface area (Å²) in [7, 11) is 1.93. The molecule has 0 amide bonds. The van der Waals surface area contributed by atoms with Crippen LogP contribution in [0, 0.1) is 13.8 Å². The second-order valence-corrected chi connectivity index (χ2v) is 7.09. The van der Waals surface area contributed by atoms with E-state index < -0.39 is 0 Å². The molecule has 0 bridgehead atoms. The third kappa shape index (κ3) is 3.16. The molecule has 0 saturated heterocycles. The summed E-state index contributed by atoms with van der Waals surface area (Å²) in [6.45, 7) is 4.19. The van der Waals surface area contributed by atoms with Crippen molar-refractivity contribution in [1.82, 2.24) is 19.7 Å². The Labute approximate surface area is 167 Å². The predicted molar refractivity (Wildman–Crippen MR) is 111 cm³/mol. The average molecular weight is 394 g/mol. The van der Waals surface area contributed by atoms with E-state index in [9.17, 15) is 0 Å². The molecule has 0 unspecified atom stereocenters. The number of nitrogens with two attached hydrogens (primary N) is 1. The van der Waals surface area contributed by atoms with Crippen LogP contribution in [0.15, 0.2) is 42.7 Å². The molecule has 0 spiro atoms. The van der Waals surface area contributed by atoms with E-state index in [1.165, 1.54) is 0 Å². The van der Waals surface area contributed by atoms with Crippen LogP contribution in [0.5, 0.6) is 5.75 Å². The van der Waals surface area contributed by atoms with Gasteiger partial charge in [-0.2, -0.15) is 5.10 Å². The molecule has 4 rings (SSSR count). The number of halogens is 1. The van der Waals surface area contributed by atoms with Crippen LogP contribution in [0.3, 0.4) is 0 Å². The van der Waals surface area contributed by atoms with Gasteiger partial charge in [0.1, 0.15) is 23.7 Å². The normalized spacial score (nSPS) is 11.1. The molecule has 142 valence electrons. The van der Waals surface area contributed by atoms with Crippen molar-refractivity contribution in [3.05, 3.63) is 64.6 Å². The van der Waals surface area contributed by atoms with Gasteiger partial charge in [0, 0.05) is 41.6 Å². The molecule has 28 heavy (non-hydrogen) atoms. The molecule has 1 aromatic carbocycles. The summed E-state index contributed by atoms with van der Waals surface area (Å²) in [5.41, 5.74) is 11.4. The van der Waals surface area contributed by atoms with Gasteiger partial charge in [-0.1, -0.05) is 23.7 Å². The Morgan fingerprint density at radius 3 is 2.79 bits per heavy atom. The molecule has 0 atom stereocenters. The zero-order valence-corrected chi connectivity index (χ0v) is 16.7. The molecular weight excluding hydrogens is 374 g/mol. The first-order chi connectivity index (χ1) is 13.5. The largest absolute Gasteiger partial charge is 0.487 e. The van der Waals surface area contributed by atoms with E-state index in [4.69, 9.17) is 27.1 Å². The summed E-state index contributed by atoms with van der Waals surface area (Å²) < 4.78 is 7.98. The zero-order valence-electron chi connectivity index (χ0n) is 15.9. The average Bonchev–Trinajstić information content (AvgIpc) is 3.10. The molecule has 2 N–H and O–H groups in total. The Kier molecular flexibility index (Phi) is 4.65. The summed E-state index contributed by atoms with van der Waals surface area (Å²) in [5, 5.41) is 5.72. The number of rotatable bonds is 4. The monoisotopic (exact) mass is 393 g/mol. The molecule has 0 saturated carbocycles. The van der Waals surface area contributed by atoms with Crippen LogP contribution in [0.4, 0.5) is 5.82 Å². The van der Waals surface area contributed by atoms with Gasteiger partial charge in [0.05, 0.1) is 10.7 Å². The minimum Gasteiger partial charge on any atom is -0.487 e. The fourth-order valence-corrected chi connectivity index (χ4v) is 3.52. The van der Waals surface area contributed by atoms with E-state index in [1.54, 1.807) is 12.4 Å².